The van der Waals surface area contributed by atoms with E-state index in [-0.39, 0.29) is 29.4 Å². The quantitative estimate of drug-likeness (QED) is 0.219. The molecule has 0 bridgehead atoms. The summed E-state index contributed by atoms with van der Waals surface area (Å²) in [5, 5.41) is 14.4. The summed E-state index contributed by atoms with van der Waals surface area (Å²) < 4.78 is 5.49. The second-order valence-electron chi connectivity index (χ2n) is 11.6. The van der Waals surface area contributed by atoms with Crippen LogP contribution in [0.2, 0.25) is 0 Å². The Labute approximate surface area is 261 Å². The van der Waals surface area contributed by atoms with Gasteiger partial charge in [0, 0.05) is 25.8 Å². The predicted octanol–water partition coefficient (Wildman–Crippen LogP) is 3.94. The van der Waals surface area contributed by atoms with Crippen molar-refractivity contribution >= 4 is 39.3 Å². The van der Waals surface area contributed by atoms with Crippen LogP contribution in [0.3, 0.4) is 0 Å². The van der Waals surface area contributed by atoms with Crippen LogP contribution >= 0.6 is 0 Å². The summed E-state index contributed by atoms with van der Waals surface area (Å²) in [5.74, 6) is -1.63. The van der Waals surface area contributed by atoms with Gasteiger partial charge in [-0.1, -0.05) is 90.1 Å². The largest absolute Gasteiger partial charge is 0.363 e. The zero-order valence-electron chi connectivity index (χ0n) is 25.1. The highest BCUT2D eigenvalue weighted by Gasteiger charge is 2.34. The van der Waals surface area contributed by atoms with E-state index in [9.17, 15) is 14.4 Å². The Balaban J connectivity index is 1.32. The van der Waals surface area contributed by atoms with Crippen LogP contribution in [-0.2, 0) is 22.4 Å². The lowest BCUT2D eigenvalue weighted by molar-refractivity contribution is -0.138. The maximum Gasteiger partial charge on any atom is 0.290 e. The minimum Gasteiger partial charge on any atom is -0.363 e. The van der Waals surface area contributed by atoms with Gasteiger partial charge in [0.15, 0.2) is 0 Å². The molecule has 0 aliphatic carbocycles. The van der Waals surface area contributed by atoms with Crippen LogP contribution in [0.1, 0.15) is 46.5 Å². The minimum atomic E-state index is -0.851. The van der Waals surface area contributed by atoms with E-state index in [1.165, 1.54) is 4.90 Å². The normalized spacial score (nSPS) is 15.0. The molecule has 4 aromatic carbocycles. The summed E-state index contributed by atoms with van der Waals surface area (Å²) in [4.78, 5) is 45.5. The highest BCUT2D eigenvalue weighted by molar-refractivity contribution is 5.90. The molecule has 10 heteroatoms. The molecule has 1 aromatic heterocycles. The number of aromatic nitrogens is 2. The summed E-state index contributed by atoms with van der Waals surface area (Å²) in [7, 11) is 1.66. The molecule has 5 aromatic rings. The molecule has 2 atom stereocenters. The number of hydrogen-bond donors (Lipinski definition) is 3. The fraction of sp³-hybridized carbons (Fsp3) is 0.286. The van der Waals surface area contributed by atoms with Crippen molar-refractivity contribution in [2.45, 2.75) is 37.8 Å². The van der Waals surface area contributed by atoms with Crippen molar-refractivity contribution in [1.82, 2.24) is 25.7 Å². The molecule has 0 saturated carbocycles. The molecule has 4 N–H and O–H groups in total. The maximum absolute atomic E-state index is 14.4. The van der Waals surface area contributed by atoms with E-state index in [1.807, 2.05) is 72.8 Å². The van der Waals surface area contributed by atoms with E-state index in [1.54, 1.807) is 7.05 Å². The summed E-state index contributed by atoms with van der Waals surface area (Å²) in [5.41, 5.74) is 7.28. The standard InChI is InChI=1S/C35H36N6O4/c1-41(30(34-39-32(31(36)42)40-45-34)21-23-11-13-25-7-3-5-9-28(25)19-23)35(44)29(38-33(43)26-14-16-37-17-15-26)20-22-10-12-24-6-2-4-8-27(24)18-22/h2-13,18-19,26,29-30,37H,14-17,20-21H2,1H3,(H2,36,42)(H,38,43). The first kappa shape index (κ1) is 30.0. The number of rotatable bonds is 10. The number of piperidine rings is 1. The first-order valence-electron chi connectivity index (χ1n) is 15.2. The van der Waals surface area contributed by atoms with Gasteiger partial charge in [0.2, 0.25) is 17.7 Å². The molecule has 6 rings (SSSR count). The van der Waals surface area contributed by atoms with Gasteiger partial charge in [-0.3, -0.25) is 14.4 Å². The third-order valence-electron chi connectivity index (χ3n) is 8.58. The molecule has 0 spiro atoms. The molecule has 230 valence electrons. The fourth-order valence-electron chi connectivity index (χ4n) is 6.02. The topological polar surface area (TPSA) is 143 Å². The number of nitrogens with zero attached hydrogens (tertiary/aromatic N) is 3. The van der Waals surface area contributed by atoms with Crippen LogP contribution in [0, 0.1) is 5.92 Å². The van der Waals surface area contributed by atoms with E-state index in [0.29, 0.717) is 25.7 Å². The first-order valence-corrected chi connectivity index (χ1v) is 15.2. The van der Waals surface area contributed by atoms with E-state index < -0.39 is 18.0 Å². The molecule has 3 amide bonds. The summed E-state index contributed by atoms with van der Waals surface area (Å²) in [6.45, 7) is 1.52. The lowest BCUT2D eigenvalue weighted by Gasteiger charge is -2.31. The van der Waals surface area contributed by atoms with Gasteiger partial charge in [0.1, 0.15) is 12.1 Å². The van der Waals surface area contributed by atoms with Gasteiger partial charge in [0.05, 0.1) is 0 Å². The van der Waals surface area contributed by atoms with E-state index in [4.69, 9.17) is 10.3 Å². The molecule has 2 unspecified atom stereocenters. The smallest absolute Gasteiger partial charge is 0.290 e. The number of fused-ring (bicyclic) bond motifs is 2. The summed E-state index contributed by atoms with van der Waals surface area (Å²) >= 11 is 0. The van der Waals surface area contributed by atoms with Gasteiger partial charge < -0.3 is 25.8 Å². The van der Waals surface area contributed by atoms with Crippen LogP contribution in [0.25, 0.3) is 21.5 Å². The number of amides is 3. The van der Waals surface area contributed by atoms with Gasteiger partial charge in [-0.2, -0.15) is 4.98 Å². The number of benzene rings is 4. The average molecular weight is 605 g/mol. The molecule has 1 fully saturated rings. The van der Waals surface area contributed by atoms with Crippen molar-refractivity contribution in [3.63, 3.8) is 0 Å². The Morgan fingerprint density at radius 1 is 0.889 bits per heavy atom. The van der Waals surface area contributed by atoms with E-state index in [2.05, 4.69) is 32.9 Å². The van der Waals surface area contributed by atoms with Crippen molar-refractivity contribution in [2.75, 3.05) is 20.1 Å². The second kappa shape index (κ2) is 13.3. The van der Waals surface area contributed by atoms with Crippen molar-refractivity contribution in [3.05, 3.63) is 108 Å². The minimum absolute atomic E-state index is 0.0851. The number of nitrogens with two attached hydrogens (primary N) is 1. The number of nitrogens with one attached hydrogen (secondary N) is 2. The van der Waals surface area contributed by atoms with Crippen molar-refractivity contribution < 1.29 is 18.9 Å². The van der Waals surface area contributed by atoms with Gasteiger partial charge in [-0.15, -0.1) is 0 Å². The average Bonchev–Trinajstić information content (AvgIpc) is 3.57. The SMILES string of the molecule is CN(C(=O)C(Cc1ccc2ccccc2c1)NC(=O)C1CCNCC1)C(Cc1ccc2ccccc2c1)c1nc(C(N)=O)no1. The van der Waals surface area contributed by atoms with E-state index >= 15 is 0 Å². The predicted molar refractivity (Wildman–Crippen MR) is 171 cm³/mol. The summed E-state index contributed by atoms with van der Waals surface area (Å²) in [6, 6.07) is 26.6. The van der Waals surface area contributed by atoms with Gasteiger partial charge in [-0.25, -0.2) is 0 Å². The Kier molecular flexibility index (Phi) is 8.84. The van der Waals surface area contributed by atoms with Crippen molar-refractivity contribution in [1.29, 1.82) is 0 Å². The number of hydrogen-bond acceptors (Lipinski definition) is 7. The summed E-state index contributed by atoms with van der Waals surface area (Å²) in [6.07, 6.45) is 2.05. The van der Waals surface area contributed by atoms with Gasteiger partial charge in [0.25, 0.3) is 11.7 Å². The fourth-order valence-corrected chi connectivity index (χ4v) is 6.02. The lowest BCUT2D eigenvalue weighted by Crippen LogP contribution is -2.52. The molecular formula is C35H36N6O4. The molecule has 45 heavy (non-hydrogen) atoms. The molecular weight excluding hydrogens is 568 g/mol. The number of carbonyl (C=O) groups excluding carboxylic acids is 3. The second-order valence-corrected chi connectivity index (χ2v) is 11.6. The van der Waals surface area contributed by atoms with Crippen LogP contribution in [0.5, 0.6) is 0 Å². The Hall–Kier alpha value is -5.09. The molecule has 0 radical (unpaired) electrons. The number of likely N-dealkylation sites (N-methyl/N-ethyl adjacent to an activating group) is 1. The van der Waals surface area contributed by atoms with Gasteiger partial charge in [-0.05, 0) is 58.6 Å². The van der Waals surface area contributed by atoms with Crippen LogP contribution < -0.4 is 16.4 Å². The zero-order chi connectivity index (χ0) is 31.3. The van der Waals surface area contributed by atoms with Crippen LogP contribution in [-0.4, -0.2) is 58.9 Å². The molecule has 2 heterocycles. The highest BCUT2D eigenvalue weighted by Crippen LogP contribution is 2.27. The monoisotopic (exact) mass is 604 g/mol. The van der Waals surface area contributed by atoms with Crippen molar-refractivity contribution in [2.24, 2.45) is 11.7 Å². The third kappa shape index (κ3) is 6.86. The first-order chi connectivity index (χ1) is 21.9. The van der Waals surface area contributed by atoms with Crippen molar-refractivity contribution in [3.8, 4) is 0 Å². The highest BCUT2D eigenvalue weighted by atomic mass is 16.5. The Morgan fingerprint density at radius 3 is 2.04 bits per heavy atom. The van der Waals surface area contributed by atoms with E-state index in [0.717, 1.165) is 45.8 Å². The number of carbonyl (C=O) groups is 3. The van der Waals surface area contributed by atoms with Crippen LogP contribution in [0.4, 0.5) is 0 Å². The number of primary amides is 1. The Bertz CT molecular complexity index is 1850. The maximum atomic E-state index is 14.4. The molecule has 1 aliphatic heterocycles. The zero-order valence-corrected chi connectivity index (χ0v) is 25.1. The molecule has 1 saturated heterocycles. The van der Waals surface area contributed by atoms with Gasteiger partial charge >= 0.3 is 0 Å². The molecule has 1 aliphatic rings. The lowest BCUT2D eigenvalue weighted by atomic mass is 9.95. The Morgan fingerprint density at radius 2 is 1.47 bits per heavy atom. The molecule has 10 nitrogen and oxygen atoms in total. The van der Waals surface area contributed by atoms with Crippen LogP contribution in [0.15, 0.2) is 89.5 Å². The third-order valence-corrected chi connectivity index (χ3v) is 8.58.